The van der Waals surface area contributed by atoms with Gasteiger partial charge >= 0.3 is 5.97 Å². The SMILES string of the molecule is O=[C]CS/C=C/C(=O)O. The molecule has 0 heterocycles. The zero-order valence-corrected chi connectivity index (χ0v) is 5.35. The van der Waals surface area contributed by atoms with Gasteiger partial charge in [0.1, 0.15) is 0 Å². The Kier molecular flexibility index (Phi) is 4.91. The Labute approximate surface area is 56.7 Å². The van der Waals surface area contributed by atoms with E-state index >= 15 is 0 Å². The number of carbonyl (C=O) groups is 1. The third-order valence-corrected chi connectivity index (χ3v) is 1.06. The summed E-state index contributed by atoms with van der Waals surface area (Å²) >= 11 is 1.10. The second kappa shape index (κ2) is 5.37. The largest absolute Gasteiger partial charge is 0.478 e. The summed E-state index contributed by atoms with van der Waals surface area (Å²) in [5.74, 6) is -0.822. The Morgan fingerprint density at radius 1 is 1.78 bits per heavy atom. The first-order valence-corrected chi connectivity index (χ1v) is 3.18. The fourth-order valence-electron chi connectivity index (χ4n) is 0.188. The number of carbonyl (C=O) groups excluding carboxylic acids is 1. The van der Waals surface area contributed by atoms with E-state index in [0.29, 0.717) is 0 Å². The summed E-state index contributed by atoms with van der Waals surface area (Å²) in [7, 11) is 0. The molecule has 0 rings (SSSR count). The lowest BCUT2D eigenvalue weighted by molar-refractivity contribution is -0.131. The van der Waals surface area contributed by atoms with E-state index in [1.807, 2.05) is 0 Å². The molecule has 0 bridgehead atoms. The van der Waals surface area contributed by atoms with Crippen LogP contribution in [0.15, 0.2) is 11.5 Å². The van der Waals surface area contributed by atoms with Crippen molar-refractivity contribution in [2.45, 2.75) is 0 Å². The average Bonchev–Trinajstić information content (AvgIpc) is 1.80. The summed E-state index contributed by atoms with van der Waals surface area (Å²) in [4.78, 5) is 19.3. The van der Waals surface area contributed by atoms with Gasteiger partial charge in [0, 0.05) is 6.08 Å². The molecule has 0 saturated heterocycles. The molecule has 0 aromatic carbocycles. The van der Waals surface area contributed by atoms with Crippen molar-refractivity contribution in [3.05, 3.63) is 11.5 Å². The zero-order valence-electron chi connectivity index (χ0n) is 4.53. The van der Waals surface area contributed by atoms with E-state index in [1.165, 1.54) is 5.41 Å². The topological polar surface area (TPSA) is 54.4 Å². The number of carboxylic acids is 1. The van der Waals surface area contributed by atoms with Crippen molar-refractivity contribution in [3.8, 4) is 0 Å². The number of hydrogen-bond acceptors (Lipinski definition) is 3. The molecule has 0 aromatic heterocycles. The number of thioether (sulfide) groups is 1. The maximum absolute atomic E-state index is 9.76. The minimum absolute atomic E-state index is 0.184. The Hall–Kier alpha value is -0.770. The van der Waals surface area contributed by atoms with Gasteiger partial charge in [0.05, 0.1) is 5.75 Å². The fourth-order valence-corrected chi connectivity index (χ4v) is 0.565. The third kappa shape index (κ3) is 7.23. The summed E-state index contributed by atoms with van der Waals surface area (Å²) in [6, 6.07) is 0. The van der Waals surface area contributed by atoms with Crippen molar-refractivity contribution in [1.29, 1.82) is 0 Å². The van der Waals surface area contributed by atoms with Crippen LogP contribution in [0.2, 0.25) is 0 Å². The van der Waals surface area contributed by atoms with Crippen molar-refractivity contribution < 1.29 is 14.7 Å². The predicted molar refractivity (Wildman–Crippen MR) is 34.9 cm³/mol. The standard InChI is InChI=1S/C5H5O3S/c6-2-4-9-3-1-5(7)8/h1,3H,4H2,(H,7,8)/b3-1+. The van der Waals surface area contributed by atoms with Crippen LogP contribution in [0.1, 0.15) is 0 Å². The third-order valence-electron chi connectivity index (χ3n) is 0.449. The summed E-state index contributed by atoms with van der Waals surface area (Å²) < 4.78 is 0. The predicted octanol–water partition coefficient (Wildman–Crippen LogP) is 0.428. The Morgan fingerprint density at radius 2 is 2.44 bits per heavy atom. The lowest BCUT2D eigenvalue weighted by Crippen LogP contribution is -1.84. The summed E-state index contributed by atoms with van der Waals surface area (Å²) in [6.45, 7) is 0. The van der Waals surface area contributed by atoms with Gasteiger partial charge in [0.15, 0.2) is 0 Å². The summed E-state index contributed by atoms with van der Waals surface area (Å²) in [5, 5.41) is 9.35. The second-order valence-electron chi connectivity index (χ2n) is 1.10. The number of aliphatic carboxylic acids is 1. The van der Waals surface area contributed by atoms with Gasteiger partial charge in [-0.2, -0.15) is 0 Å². The normalized spacial score (nSPS) is 9.78. The van der Waals surface area contributed by atoms with Crippen LogP contribution < -0.4 is 0 Å². The molecular formula is C5H5O3S. The Balaban J connectivity index is 3.24. The van der Waals surface area contributed by atoms with Gasteiger partial charge in [-0.1, -0.05) is 0 Å². The van der Waals surface area contributed by atoms with Gasteiger partial charge in [0.25, 0.3) is 0 Å². The van der Waals surface area contributed by atoms with E-state index in [9.17, 15) is 9.59 Å². The minimum Gasteiger partial charge on any atom is -0.478 e. The molecule has 0 fully saturated rings. The smallest absolute Gasteiger partial charge is 0.328 e. The number of carboxylic acid groups (broad SMARTS) is 1. The Bertz CT molecular complexity index is 130. The van der Waals surface area contributed by atoms with E-state index in [2.05, 4.69) is 0 Å². The molecule has 0 spiro atoms. The lowest BCUT2D eigenvalue weighted by atomic mass is 10.7. The lowest BCUT2D eigenvalue weighted by Gasteiger charge is -1.78. The van der Waals surface area contributed by atoms with Crippen LogP contribution in [-0.4, -0.2) is 23.1 Å². The molecule has 0 aromatic rings. The van der Waals surface area contributed by atoms with Crippen molar-refractivity contribution in [1.82, 2.24) is 0 Å². The molecule has 0 aliphatic carbocycles. The van der Waals surface area contributed by atoms with E-state index < -0.39 is 5.97 Å². The second-order valence-corrected chi connectivity index (χ2v) is 1.99. The first-order valence-electron chi connectivity index (χ1n) is 2.13. The molecule has 0 amide bonds. The van der Waals surface area contributed by atoms with Gasteiger partial charge in [-0.3, -0.25) is 4.79 Å². The minimum atomic E-state index is -1.01. The van der Waals surface area contributed by atoms with Crippen LogP contribution in [0.3, 0.4) is 0 Å². The summed E-state index contributed by atoms with van der Waals surface area (Å²) in [6.07, 6.45) is 2.58. The first kappa shape index (κ1) is 8.23. The zero-order chi connectivity index (χ0) is 7.11. The van der Waals surface area contributed by atoms with E-state index in [1.54, 1.807) is 6.29 Å². The quantitative estimate of drug-likeness (QED) is 0.460. The maximum Gasteiger partial charge on any atom is 0.328 e. The van der Waals surface area contributed by atoms with Crippen molar-refractivity contribution in [2.75, 3.05) is 5.75 Å². The fraction of sp³-hybridized carbons (Fsp3) is 0.200. The molecule has 1 radical (unpaired) electrons. The molecule has 0 aliphatic heterocycles. The van der Waals surface area contributed by atoms with Crippen LogP contribution in [0.5, 0.6) is 0 Å². The highest BCUT2D eigenvalue weighted by atomic mass is 32.2. The van der Waals surface area contributed by atoms with E-state index in [4.69, 9.17) is 5.11 Å². The van der Waals surface area contributed by atoms with E-state index in [0.717, 1.165) is 17.8 Å². The molecule has 0 unspecified atom stereocenters. The van der Waals surface area contributed by atoms with Crippen molar-refractivity contribution in [3.63, 3.8) is 0 Å². The maximum atomic E-state index is 9.76. The van der Waals surface area contributed by atoms with Gasteiger partial charge in [-0.05, 0) is 5.41 Å². The van der Waals surface area contributed by atoms with Crippen LogP contribution in [0.25, 0.3) is 0 Å². The molecule has 3 nitrogen and oxygen atoms in total. The molecule has 4 heteroatoms. The van der Waals surface area contributed by atoms with Gasteiger partial charge in [-0.25, -0.2) is 4.79 Å². The molecular weight excluding hydrogens is 140 g/mol. The monoisotopic (exact) mass is 145 g/mol. The molecule has 1 N–H and O–H groups in total. The van der Waals surface area contributed by atoms with Crippen LogP contribution in [0, 0.1) is 0 Å². The molecule has 0 atom stereocenters. The highest BCUT2D eigenvalue weighted by molar-refractivity contribution is 8.02. The molecule has 9 heavy (non-hydrogen) atoms. The van der Waals surface area contributed by atoms with Crippen molar-refractivity contribution in [2.24, 2.45) is 0 Å². The highest BCUT2D eigenvalue weighted by Gasteiger charge is 1.83. The van der Waals surface area contributed by atoms with Crippen LogP contribution in [-0.2, 0) is 9.59 Å². The van der Waals surface area contributed by atoms with Gasteiger partial charge in [-0.15, -0.1) is 11.8 Å². The average molecular weight is 145 g/mol. The van der Waals surface area contributed by atoms with E-state index in [-0.39, 0.29) is 5.75 Å². The molecule has 0 saturated carbocycles. The van der Waals surface area contributed by atoms with Crippen molar-refractivity contribution >= 4 is 24.0 Å². The first-order chi connectivity index (χ1) is 4.27. The highest BCUT2D eigenvalue weighted by Crippen LogP contribution is 1.97. The molecule has 49 valence electrons. The van der Waals surface area contributed by atoms with Gasteiger partial charge < -0.3 is 5.11 Å². The summed E-state index contributed by atoms with van der Waals surface area (Å²) in [5.41, 5.74) is 0. The number of hydrogen-bond donors (Lipinski definition) is 1. The van der Waals surface area contributed by atoms with Crippen LogP contribution in [0.4, 0.5) is 0 Å². The number of rotatable bonds is 4. The van der Waals surface area contributed by atoms with Crippen LogP contribution >= 0.6 is 11.8 Å². The Morgan fingerprint density at radius 3 is 2.89 bits per heavy atom. The van der Waals surface area contributed by atoms with Gasteiger partial charge in [0.2, 0.25) is 6.29 Å². The molecule has 0 aliphatic rings.